The van der Waals surface area contributed by atoms with E-state index >= 15 is 0 Å². The number of benzene rings is 2. The zero-order chi connectivity index (χ0) is 20.2. The van der Waals surface area contributed by atoms with Crippen LogP contribution in [-0.2, 0) is 4.57 Å². The van der Waals surface area contributed by atoms with E-state index in [1.807, 2.05) is 42.5 Å². The van der Waals surface area contributed by atoms with Crippen LogP contribution in [0.2, 0.25) is 0 Å². The Bertz CT molecular complexity index is 735. The molecule has 0 aliphatic rings. The fourth-order valence-electron chi connectivity index (χ4n) is 3.61. The normalized spacial score (nSPS) is 13.0. The molecule has 0 heterocycles. The van der Waals surface area contributed by atoms with E-state index in [-0.39, 0.29) is 6.16 Å². The number of hydrogen-bond donors (Lipinski definition) is 2. The highest BCUT2D eigenvalue weighted by Crippen LogP contribution is 2.38. The summed E-state index contributed by atoms with van der Waals surface area (Å²) in [7, 11) is -4.12. The zero-order valence-corrected chi connectivity index (χ0v) is 17.9. The largest absolute Gasteiger partial charge is 0.489 e. The minimum atomic E-state index is -4.12. The van der Waals surface area contributed by atoms with Crippen LogP contribution >= 0.6 is 7.60 Å². The van der Waals surface area contributed by atoms with Crippen LogP contribution in [0.3, 0.4) is 0 Å². The predicted molar refractivity (Wildman–Crippen MR) is 117 cm³/mol. The summed E-state index contributed by atoms with van der Waals surface area (Å²) in [6, 6.07) is 13.7. The van der Waals surface area contributed by atoms with Gasteiger partial charge in [-0.1, -0.05) is 94.7 Å². The van der Waals surface area contributed by atoms with Crippen LogP contribution in [0, 0.1) is 0 Å². The molecular weight excluding hydrogens is 371 g/mol. The van der Waals surface area contributed by atoms with Gasteiger partial charge in [-0.25, -0.2) is 0 Å². The lowest BCUT2D eigenvalue weighted by atomic mass is 10.1. The van der Waals surface area contributed by atoms with Crippen LogP contribution < -0.4 is 4.74 Å². The first-order valence-electron chi connectivity index (χ1n) is 10.7. The van der Waals surface area contributed by atoms with Gasteiger partial charge in [0, 0.05) is 5.39 Å². The Labute approximate surface area is 169 Å². The summed E-state index contributed by atoms with van der Waals surface area (Å²) in [5, 5.41) is 2.05. The second-order valence-corrected chi connectivity index (χ2v) is 9.38. The average Bonchev–Trinajstić information content (AvgIpc) is 2.65. The van der Waals surface area contributed by atoms with Gasteiger partial charge in [0.15, 0.2) is 0 Å². The van der Waals surface area contributed by atoms with Crippen molar-refractivity contribution in [2.24, 2.45) is 0 Å². The molecule has 1 unspecified atom stereocenters. The molecule has 0 spiro atoms. The second kappa shape index (κ2) is 12.3. The molecule has 156 valence electrons. The monoisotopic (exact) mass is 406 g/mol. The number of ether oxygens (including phenoxy) is 1. The number of fused-ring (bicyclic) bond motifs is 1. The lowest BCUT2D eigenvalue weighted by Crippen LogP contribution is -2.21. The number of rotatable bonds is 14. The average molecular weight is 407 g/mol. The van der Waals surface area contributed by atoms with Gasteiger partial charge in [0.05, 0.1) is 6.16 Å². The Balaban J connectivity index is 1.84. The predicted octanol–water partition coefficient (Wildman–Crippen LogP) is 6.69. The SMILES string of the molecule is CCCCCCCCCCCC(CP(=O)(O)O)Oc1cccc2ccccc12. The number of unbranched alkanes of at least 4 members (excludes halogenated alkanes) is 8. The molecule has 0 aromatic heterocycles. The van der Waals surface area contributed by atoms with E-state index in [1.54, 1.807) is 0 Å². The standard InChI is InChI=1S/C23H35O4P/c1-2-3-4-5-6-7-8-9-10-16-21(19-28(24,25)26)27-23-18-13-15-20-14-11-12-17-22(20)23/h11-15,17-18,21H,2-10,16,19H2,1H3,(H2,24,25,26). The maximum Gasteiger partial charge on any atom is 0.329 e. The molecular formula is C23H35O4P. The fraction of sp³-hybridized carbons (Fsp3) is 0.565. The highest BCUT2D eigenvalue weighted by molar-refractivity contribution is 7.51. The van der Waals surface area contributed by atoms with Gasteiger partial charge >= 0.3 is 7.60 Å². The van der Waals surface area contributed by atoms with E-state index in [0.29, 0.717) is 12.2 Å². The minimum absolute atomic E-state index is 0.229. The van der Waals surface area contributed by atoms with Gasteiger partial charge in [-0.15, -0.1) is 0 Å². The third kappa shape index (κ3) is 8.77. The lowest BCUT2D eigenvalue weighted by Gasteiger charge is -2.21. The van der Waals surface area contributed by atoms with Gasteiger partial charge in [-0.05, 0) is 24.3 Å². The van der Waals surface area contributed by atoms with Crippen molar-refractivity contribution in [1.29, 1.82) is 0 Å². The quantitative estimate of drug-likeness (QED) is 0.271. The third-order valence-corrected chi connectivity index (χ3v) is 6.00. The molecule has 0 aliphatic carbocycles. The molecule has 0 aliphatic heterocycles. The summed E-state index contributed by atoms with van der Waals surface area (Å²) in [5.41, 5.74) is 0. The van der Waals surface area contributed by atoms with Crippen LogP contribution in [0.25, 0.3) is 10.8 Å². The molecule has 0 saturated heterocycles. The highest BCUT2D eigenvalue weighted by Gasteiger charge is 2.23. The van der Waals surface area contributed by atoms with E-state index in [9.17, 15) is 14.4 Å². The van der Waals surface area contributed by atoms with E-state index < -0.39 is 13.7 Å². The smallest absolute Gasteiger partial charge is 0.329 e. The van der Waals surface area contributed by atoms with Crippen LogP contribution in [0.1, 0.15) is 71.1 Å². The van der Waals surface area contributed by atoms with Crippen LogP contribution in [-0.4, -0.2) is 22.1 Å². The second-order valence-electron chi connectivity index (χ2n) is 7.68. The van der Waals surface area contributed by atoms with E-state index in [4.69, 9.17) is 4.74 Å². The lowest BCUT2D eigenvalue weighted by molar-refractivity contribution is 0.202. The van der Waals surface area contributed by atoms with Gasteiger partial charge in [-0.3, -0.25) is 4.57 Å². The van der Waals surface area contributed by atoms with Crippen molar-refractivity contribution in [3.8, 4) is 5.75 Å². The summed E-state index contributed by atoms with van der Waals surface area (Å²) >= 11 is 0. The topological polar surface area (TPSA) is 66.8 Å². The minimum Gasteiger partial charge on any atom is -0.489 e. The van der Waals surface area contributed by atoms with Crippen molar-refractivity contribution in [2.75, 3.05) is 6.16 Å². The maximum absolute atomic E-state index is 11.6. The maximum atomic E-state index is 11.6. The van der Waals surface area contributed by atoms with Gasteiger partial charge in [0.25, 0.3) is 0 Å². The van der Waals surface area contributed by atoms with Crippen molar-refractivity contribution in [1.82, 2.24) is 0 Å². The van der Waals surface area contributed by atoms with E-state index in [1.165, 1.54) is 44.9 Å². The Morgan fingerprint density at radius 1 is 0.857 bits per heavy atom. The van der Waals surface area contributed by atoms with E-state index in [0.717, 1.165) is 23.6 Å². The molecule has 2 aromatic carbocycles. The van der Waals surface area contributed by atoms with Gasteiger partial charge in [-0.2, -0.15) is 0 Å². The zero-order valence-electron chi connectivity index (χ0n) is 17.1. The first-order chi connectivity index (χ1) is 13.5. The molecule has 2 rings (SSSR count). The Kier molecular flexibility index (Phi) is 10.0. The Morgan fingerprint density at radius 3 is 2.14 bits per heavy atom. The highest BCUT2D eigenvalue weighted by atomic mass is 31.2. The molecule has 4 nitrogen and oxygen atoms in total. The van der Waals surface area contributed by atoms with Crippen LogP contribution in [0.15, 0.2) is 42.5 Å². The first-order valence-corrected chi connectivity index (χ1v) is 12.5. The Morgan fingerprint density at radius 2 is 1.46 bits per heavy atom. The van der Waals surface area contributed by atoms with Gasteiger partial charge < -0.3 is 14.5 Å². The molecule has 0 saturated carbocycles. The molecule has 0 radical (unpaired) electrons. The summed E-state index contributed by atoms with van der Waals surface area (Å²) in [6.07, 6.45) is 11.0. The third-order valence-electron chi connectivity index (χ3n) is 5.11. The van der Waals surface area contributed by atoms with Crippen LogP contribution in [0.5, 0.6) is 5.75 Å². The molecule has 0 fully saturated rings. The summed E-state index contributed by atoms with van der Waals surface area (Å²) < 4.78 is 17.7. The van der Waals surface area contributed by atoms with Gasteiger partial charge in [0.2, 0.25) is 0 Å². The molecule has 0 amide bonds. The van der Waals surface area contributed by atoms with Crippen LogP contribution in [0.4, 0.5) is 0 Å². The summed E-state index contributed by atoms with van der Waals surface area (Å²) in [6.45, 7) is 2.23. The van der Waals surface area contributed by atoms with Crippen molar-refractivity contribution < 1.29 is 19.1 Å². The summed E-state index contributed by atoms with van der Waals surface area (Å²) in [5.74, 6) is 0.701. The molecule has 0 bridgehead atoms. The molecule has 2 aromatic rings. The molecule has 1 atom stereocenters. The Hall–Kier alpha value is -1.35. The van der Waals surface area contributed by atoms with Crippen molar-refractivity contribution in [3.63, 3.8) is 0 Å². The van der Waals surface area contributed by atoms with E-state index in [2.05, 4.69) is 6.92 Å². The molecule has 5 heteroatoms. The molecule has 2 N–H and O–H groups in total. The van der Waals surface area contributed by atoms with Crippen molar-refractivity contribution in [3.05, 3.63) is 42.5 Å². The first kappa shape index (κ1) is 22.9. The molecule has 28 heavy (non-hydrogen) atoms. The van der Waals surface area contributed by atoms with Gasteiger partial charge in [0.1, 0.15) is 11.9 Å². The van der Waals surface area contributed by atoms with Crippen molar-refractivity contribution >= 4 is 18.4 Å². The number of hydrogen-bond acceptors (Lipinski definition) is 2. The fourth-order valence-corrected chi connectivity index (χ4v) is 4.40. The van der Waals surface area contributed by atoms with Crippen molar-refractivity contribution in [2.45, 2.75) is 77.2 Å². The summed E-state index contributed by atoms with van der Waals surface area (Å²) in [4.78, 5) is 18.9.